The highest BCUT2D eigenvalue weighted by molar-refractivity contribution is 6.05. The van der Waals surface area contributed by atoms with E-state index in [9.17, 15) is 4.79 Å². The number of ether oxygens (including phenoxy) is 1. The molecular weight excluding hydrogens is 364 g/mol. The van der Waals surface area contributed by atoms with Crippen LogP contribution in [0.2, 0.25) is 0 Å². The third-order valence-corrected chi connectivity index (χ3v) is 5.72. The Hall–Kier alpha value is -2.70. The summed E-state index contributed by atoms with van der Waals surface area (Å²) in [5.74, 6) is 0.833. The number of hydrazone groups is 1. The Morgan fingerprint density at radius 2 is 1.72 bits per heavy atom. The maximum atomic E-state index is 13.2. The van der Waals surface area contributed by atoms with Crippen molar-refractivity contribution in [1.82, 2.24) is 14.8 Å². The van der Waals surface area contributed by atoms with Gasteiger partial charge in [0, 0.05) is 38.2 Å². The number of benzene rings is 2. The minimum Gasteiger partial charge on any atom is -0.496 e. The molecule has 1 amide bonds. The number of amides is 1. The molecular formula is C23H28N4O2. The lowest BCUT2D eigenvalue weighted by Crippen LogP contribution is -2.48. The molecule has 2 aliphatic heterocycles. The van der Waals surface area contributed by atoms with Crippen LogP contribution in [0.1, 0.15) is 23.6 Å². The number of nitrogens with zero attached hydrogens (tertiary/aromatic N) is 4. The second-order valence-electron chi connectivity index (χ2n) is 7.70. The third kappa shape index (κ3) is 4.33. The van der Waals surface area contributed by atoms with Crippen LogP contribution in [0, 0.1) is 0 Å². The molecule has 0 saturated carbocycles. The van der Waals surface area contributed by atoms with Crippen molar-refractivity contribution in [2.45, 2.75) is 12.5 Å². The van der Waals surface area contributed by atoms with E-state index < -0.39 is 0 Å². The van der Waals surface area contributed by atoms with E-state index in [-0.39, 0.29) is 11.9 Å². The van der Waals surface area contributed by atoms with Gasteiger partial charge in [-0.1, -0.05) is 42.5 Å². The van der Waals surface area contributed by atoms with Crippen LogP contribution < -0.4 is 4.74 Å². The minimum atomic E-state index is -0.0870. The maximum Gasteiger partial charge on any atom is 0.257 e. The molecule has 2 heterocycles. The highest BCUT2D eigenvalue weighted by atomic mass is 16.5. The van der Waals surface area contributed by atoms with Gasteiger partial charge in [-0.05, 0) is 24.7 Å². The van der Waals surface area contributed by atoms with Crippen molar-refractivity contribution >= 4 is 11.6 Å². The summed E-state index contributed by atoms with van der Waals surface area (Å²) in [7, 11) is 3.79. The van der Waals surface area contributed by atoms with Gasteiger partial charge in [0.2, 0.25) is 0 Å². The van der Waals surface area contributed by atoms with Crippen molar-refractivity contribution in [3.8, 4) is 5.75 Å². The van der Waals surface area contributed by atoms with Crippen LogP contribution in [0.3, 0.4) is 0 Å². The lowest BCUT2D eigenvalue weighted by atomic mass is 9.98. The summed E-state index contributed by atoms with van der Waals surface area (Å²) in [5, 5.41) is 6.48. The highest BCUT2D eigenvalue weighted by Crippen LogP contribution is 2.34. The summed E-state index contributed by atoms with van der Waals surface area (Å²) in [5.41, 5.74) is 2.95. The van der Waals surface area contributed by atoms with Gasteiger partial charge in [0.15, 0.2) is 0 Å². The molecule has 2 aromatic carbocycles. The van der Waals surface area contributed by atoms with Gasteiger partial charge in [-0.15, -0.1) is 0 Å². The number of carbonyl (C=O) groups is 1. The van der Waals surface area contributed by atoms with Crippen molar-refractivity contribution in [3.05, 3.63) is 65.7 Å². The number of para-hydroxylation sites is 1. The molecule has 1 unspecified atom stereocenters. The van der Waals surface area contributed by atoms with Gasteiger partial charge in [-0.25, -0.2) is 5.01 Å². The van der Waals surface area contributed by atoms with E-state index in [0.717, 1.165) is 48.8 Å². The molecule has 1 atom stereocenters. The van der Waals surface area contributed by atoms with Crippen LogP contribution in [-0.2, 0) is 4.79 Å². The number of likely N-dealkylation sites (N-methyl/N-ethyl adjacent to an activating group) is 1. The third-order valence-electron chi connectivity index (χ3n) is 5.72. The first-order chi connectivity index (χ1) is 14.2. The predicted octanol–water partition coefficient (Wildman–Crippen LogP) is 2.62. The lowest BCUT2D eigenvalue weighted by molar-refractivity contribution is -0.134. The monoisotopic (exact) mass is 392 g/mol. The van der Waals surface area contributed by atoms with Crippen molar-refractivity contribution in [2.75, 3.05) is 46.9 Å². The Kier molecular flexibility index (Phi) is 5.92. The molecule has 1 fully saturated rings. The Bertz CT molecular complexity index is 875. The average Bonchev–Trinajstić information content (AvgIpc) is 3.21. The quantitative estimate of drug-likeness (QED) is 0.785. The standard InChI is InChI=1S/C23H28N4O2/c1-25-12-14-26(15-13-25)17-23(28)27-21(18-8-4-3-5-9-18)16-20(24-27)19-10-6-7-11-22(19)29-2/h3-11,21H,12-17H2,1-2H3. The summed E-state index contributed by atoms with van der Waals surface area (Å²) in [6.07, 6.45) is 0.679. The van der Waals surface area contributed by atoms with Gasteiger partial charge in [0.05, 0.1) is 25.4 Å². The zero-order valence-electron chi connectivity index (χ0n) is 17.1. The van der Waals surface area contributed by atoms with Crippen LogP contribution in [0.15, 0.2) is 59.7 Å². The topological polar surface area (TPSA) is 48.4 Å². The van der Waals surface area contributed by atoms with Gasteiger partial charge in [0.25, 0.3) is 5.91 Å². The number of carbonyl (C=O) groups excluding carboxylic acids is 1. The van der Waals surface area contributed by atoms with Gasteiger partial charge in [-0.2, -0.15) is 5.10 Å². The Morgan fingerprint density at radius 1 is 1.03 bits per heavy atom. The summed E-state index contributed by atoms with van der Waals surface area (Å²) in [6, 6.07) is 17.9. The Balaban J connectivity index is 1.59. The van der Waals surface area contributed by atoms with Crippen molar-refractivity contribution in [1.29, 1.82) is 0 Å². The molecule has 2 aliphatic rings. The van der Waals surface area contributed by atoms with E-state index in [4.69, 9.17) is 9.84 Å². The zero-order valence-corrected chi connectivity index (χ0v) is 17.1. The van der Waals surface area contributed by atoms with Crippen molar-refractivity contribution in [2.24, 2.45) is 5.10 Å². The molecule has 1 saturated heterocycles. The van der Waals surface area contributed by atoms with Crippen LogP contribution >= 0.6 is 0 Å². The molecule has 0 N–H and O–H groups in total. The van der Waals surface area contributed by atoms with Gasteiger partial charge in [0.1, 0.15) is 5.75 Å². The zero-order chi connectivity index (χ0) is 20.2. The predicted molar refractivity (Wildman–Crippen MR) is 114 cm³/mol. The second-order valence-corrected chi connectivity index (χ2v) is 7.70. The Labute approximate surface area is 172 Å². The van der Waals surface area contributed by atoms with Crippen LogP contribution in [-0.4, -0.2) is 73.3 Å². The first-order valence-electron chi connectivity index (χ1n) is 10.1. The molecule has 6 nitrogen and oxygen atoms in total. The first kappa shape index (κ1) is 19.6. The fourth-order valence-electron chi connectivity index (χ4n) is 3.99. The fourth-order valence-corrected chi connectivity index (χ4v) is 3.99. The summed E-state index contributed by atoms with van der Waals surface area (Å²) in [6.45, 7) is 4.21. The van der Waals surface area contributed by atoms with E-state index >= 15 is 0 Å². The molecule has 152 valence electrons. The van der Waals surface area contributed by atoms with Crippen molar-refractivity contribution in [3.63, 3.8) is 0 Å². The number of hydrogen-bond donors (Lipinski definition) is 0. The lowest BCUT2D eigenvalue weighted by Gasteiger charge is -2.33. The maximum absolute atomic E-state index is 13.2. The summed E-state index contributed by atoms with van der Waals surface area (Å²) >= 11 is 0. The van der Waals surface area contributed by atoms with E-state index in [1.807, 2.05) is 42.5 Å². The molecule has 0 radical (unpaired) electrons. The molecule has 2 aromatic rings. The van der Waals surface area contributed by atoms with Gasteiger partial charge >= 0.3 is 0 Å². The summed E-state index contributed by atoms with van der Waals surface area (Å²) < 4.78 is 5.53. The molecule has 6 heteroatoms. The fraction of sp³-hybridized carbons (Fsp3) is 0.391. The smallest absolute Gasteiger partial charge is 0.257 e. The molecule has 0 bridgehead atoms. The SMILES string of the molecule is COc1ccccc1C1=NN(C(=O)CN2CCN(C)CC2)C(c2ccccc2)C1. The number of piperazine rings is 1. The van der Waals surface area contributed by atoms with E-state index in [1.54, 1.807) is 12.1 Å². The minimum absolute atomic E-state index is 0.0494. The van der Waals surface area contributed by atoms with Crippen LogP contribution in [0.5, 0.6) is 5.75 Å². The van der Waals surface area contributed by atoms with Crippen molar-refractivity contribution < 1.29 is 9.53 Å². The molecule has 0 aliphatic carbocycles. The molecule has 0 spiro atoms. The average molecular weight is 393 g/mol. The Morgan fingerprint density at radius 3 is 2.45 bits per heavy atom. The number of methoxy groups -OCH3 is 1. The normalized spacial score (nSPS) is 20.6. The van der Waals surface area contributed by atoms with Crippen LogP contribution in [0.4, 0.5) is 0 Å². The van der Waals surface area contributed by atoms with Crippen LogP contribution in [0.25, 0.3) is 0 Å². The highest BCUT2D eigenvalue weighted by Gasteiger charge is 2.34. The van der Waals surface area contributed by atoms with E-state index in [0.29, 0.717) is 13.0 Å². The van der Waals surface area contributed by atoms with Gasteiger partial charge in [-0.3, -0.25) is 9.69 Å². The number of hydrogen-bond acceptors (Lipinski definition) is 5. The second kappa shape index (κ2) is 8.76. The van der Waals surface area contributed by atoms with E-state index in [2.05, 4.69) is 29.0 Å². The van der Waals surface area contributed by atoms with Gasteiger partial charge < -0.3 is 9.64 Å². The number of rotatable bonds is 5. The molecule has 0 aromatic heterocycles. The molecule has 29 heavy (non-hydrogen) atoms. The largest absolute Gasteiger partial charge is 0.496 e. The summed E-state index contributed by atoms with van der Waals surface area (Å²) in [4.78, 5) is 17.8. The van der Waals surface area contributed by atoms with E-state index in [1.165, 1.54) is 0 Å². The first-order valence-corrected chi connectivity index (χ1v) is 10.1. The molecule has 4 rings (SSSR count).